The number of halogens is 1. The number of nitrogen functional groups attached to an aromatic ring is 1. The average molecular weight is 295 g/mol. The van der Waals surface area contributed by atoms with Crippen LogP contribution in [0.4, 0.5) is 15.8 Å². The van der Waals surface area contributed by atoms with Crippen LogP contribution in [0.5, 0.6) is 0 Å². The number of nitrogens with zero attached hydrogens (tertiary/aromatic N) is 1. The SMILES string of the molecule is CC1(O)CCCN(CCC(=O)Nc2ccc(F)cc2N)C1. The molecule has 116 valence electrons. The van der Waals surface area contributed by atoms with Gasteiger partial charge in [-0.3, -0.25) is 9.69 Å². The van der Waals surface area contributed by atoms with Crippen LogP contribution in [0.1, 0.15) is 26.2 Å². The van der Waals surface area contributed by atoms with E-state index in [-0.39, 0.29) is 11.6 Å². The minimum Gasteiger partial charge on any atom is -0.397 e. The third-order valence-electron chi connectivity index (χ3n) is 3.70. The molecule has 0 radical (unpaired) electrons. The molecule has 0 saturated carbocycles. The second kappa shape index (κ2) is 6.41. The Morgan fingerprint density at radius 2 is 2.33 bits per heavy atom. The van der Waals surface area contributed by atoms with Gasteiger partial charge >= 0.3 is 0 Å². The van der Waals surface area contributed by atoms with Crippen molar-refractivity contribution in [3.8, 4) is 0 Å². The highest BCUT2D eigenvalue weighted by atomic mass is 19.1. The summed E-state index contributed by atoms with van der Waals surface area (Å²) in [7, 11) is 0. The molecule has 1 aromatic rings. The van der Waals surface area contributed by atoms with E-state index in [9.17, 15) is 14.3 Å². The fourth-order valence-corrected chi connectivity index (χ4v) is 2.63. The summed E-state index contributed by atoms with van der Waals surface area (Å²) in [6.07, 6.45) is 2.04. The zero-order valence-corrected chi connectivity index (χ0v) is 12.2. The van der Waals surface area contributed by atoms with Crippen molar-refractivity contribution in [3.05, 3.63) is 24.0 Å². The van der Waals surface area contributed by atoms with Crippen LogP contribution >= 0.6 is 0 Å². The molecule has 1 fully saturated rings. The van der Waals surface area contributed by atoms with E-state index in [0.717, 1.165) is 19.4 Å². The first-order chi connectivity index (χ1) is 9.85. The van der Waals surface area contributed by atoms with Gasteiger partial charge < -0.3 is 16.2 Å². The fourth-order valence-electron chi connectivity index (χ4n) is 2.63. The number of aliphatic hydroxyl groups is 1. The number of nitrogens with two attached hydrogens (primary N) is 1. The minimum atomic E-state index is -0.671. The number of amides is 1. The van der Waals surface area contributed by atoms with Crippen molar-refractivity contribution in [3.63, 3.8) is 0 Å². The van der Waals surface area contributed by atoms with Crippen LogP contribution in [0, 0.1) is 5.82 Å². The molecule has 1 aliphatic rings. The number of β-amino-alcohol motifs (C(OH)–C–C–N with tert-alkyl or cyclic N) is 1. The molecule has 0 spiro atoms. The predicted molar refractivity (Wildman–Crippen MR) is 80.4 cm³/mol. The number of rotatable bonds is 4. The van der Waals surface area contributed by atoms with Crippen LogP contribution in [-0.2, 0) is 4.79 Å². The van der Waals surface area contributed by atoms with Crippen LogP contribution in [0.2, 0.25) is 0 Å². The monoisotopic (exact) mass is 295 g/mol. The molecule has 1 aliphatic heterocycles. The van der Waals surface area contributed by atoms with Crippen LogP contribution in [0.25, 0.3) is 0 Å². The molecular weight excluding hydrogens is 273 g/mol. The second-order valence-electron chi connectivity index (χ2n) is 5.91. The van der Waals surface area contributed by atoms with Gasteiger partial charge in [0.2, 0.25) is 5.91 Å². The normalized spacial score (nSPS) is 23.0. The molecule has 4 N–H and O–H groups in total. The van der Waals surface area contributed by atoms with Gasteiger partial charge in [0, 0.05) is 19.5 Å². The molecule has 1 heterocycles. The Bertz CT molecular complexity index is 520. The molecular formula is C15H22FN3O2. The first-order valence-electron chi connectivity index (χ1n) is 7.15. The zero-order valence-electron chi connectivity index (χ0n) is 12.2. The number of carbonyl (C=O) groups is 1. The van der Waals surface area contributed by atoms with Crippen LogP contribution in [-0.4, -0.2) is 41.1 Å². The molecule has 6 heteroatoms. The summed E-state index contributed by atoms with van der Waals surface area (Å²) < 4.78 is 12.9. The summed E-state index contributed by atoms with van der Waals surface area (Å²) in [5.74, 6) is -0.598. The molecule has 1 amide bonds. The number of benzene rings is 1. The van der Waals surface area contributed by atoms with E-state index in [1.54, 1.807) is 0 Å². The Morgan fingerprint density at radius 1 is 1.57 bits per heavy atom. The average Bonchev–Trinajstić information content (AvgIpc) is 2.39. The largest absolute Gasteiger partial charge is 0.397 e. The van der Waals surface area contributed by atoms with Crippen molar-refractivity contribution in [1.82, 2.24) is 4.90 Å². The summed E-state index contributed by atoms with van der Waals surface area (Å²) in [6, 6.07) is 3.89. The zero-order chi connectivity index (χ0) is 15.5. The third kappa shape index (κ3) is 4.68. The molecule has 1 unspecified atom stereocenters. The second-order valence-corrected chi connectivity index (χ2v) is 5.91. The van der Waals surface area contributed by atoms with Gasteiger partial charge in [0.25, 0.3) is 0 Å². The van der Waals surface area contributed by atoms with Crippen molar-refractivity contribution < 1.29 is 14.3 Å². The Hall–Kier alpha value is -1.66. The quantitative estimate of drug-likeness (QED) is 0.737. The van der Waals surface area contributed by atoms with E-state index >= 15 is 0 Å². The molecule has 0 bridgehead atoms. The minimum absolute atomic E-state index is 0.168. The van der Waals surface area contributed by atoms with Gasteiger partial charge in [0.1, 0.15) is 5.82 Å². The van der Waals surface area contributed by atoms with E-state index in [1.807, 2.05) is 6.92 Å². The maximum atomic E-state index is 12.9. The molecule has 1 saturated heterocycles. The molecule has 0 aromatic heterocycles. The van der Waals surface area contributed by atoms with Crippen molar-refractivity contribution in [2.45, 2.75) is 31.8 Å². The lowest BCUT2D eigenvalue weighted by Gasteiger charge is -2.36. The van der Waals surface area contributed by atoms with Crippen molar-refractivity contribution >= 4 is 17.3 Å². The van der Waals surface area contributed by atoms with Gasteiger partial charge in [0.15, 0.2) is 0 Å². The van der Waals surface area contributed by atoms with Crippen LogP contribution < -0.4 is 11.1 Å². The summed E-state index contributed by atoms with van der Waals surface area (Å²) in [6.45, 7) is 3.88. The lowest BCUT2D eigenvalue weighted by Crippen LogP contribution is -2.46. The Labute approximate surface area is 123 Å². The summed E-state index contributed by atoms with van der Waals surface area (Å²) >= 11 is 0. The van der Waals surface area contributed by atoms with Crippen molar-refractivity contribution in [1.29, 1.82) is 0 Å². The highest BCUT2D eigenvalue weighted by molar-refractivity contribution is 5.93. The number of anilines is 2. The van der Waals surface area contributed by atoms with Crippen molar-refractivity contribution in [2.75, 3.05) is 30.7 Å². The number of nitrogens with one attached hydrogen (secondary N) is 1. The molecule has 1 aromatic carbocycles. The maximum absolute atomic E-state index is 12.9. The molecule has 5 nitrogen and oxygen atoms in total. The summed E-state index contributed by atoms with van der Waals surface area (Å²) in [4.78, 5) is 14.0. The first kappa shape index (κ1) is 15.7. The van der Waals surface area contributed by atoms with E-state index in [4.69, 9.17) is 5.73 Å². The summed E-state index contributed by atoms with van der Waals surface area (Å²) in [5, 5.41) is 12.7. The van der Waals surface area contributed by atoms with Gasteiger partial charge in [0.05, 0.1) is 17.0 Å². The first-order valence-corrected chi connectivity index (χ1v) is 7.15. The van der Waals surface area contributed by atoms with Gasteiger partial charge in [-0.25, -0.2) is 4.39 Å². The van der Waals surface area contributed by atoms with E-state index < -0.39 is 11.4 Å². The molecule has 1 atom stereocenters. The smallest absolute Gasteiger partial charge is 0.225 e. The molecule has 2 rings (SSSR count). The van der Waals surface area contributed by atoms with Crippen LogP contribution in [0.3, 0.4) is 0 Å². The highest BCUT2D eigenvalue weighted by Gasteiger charge is 2.28. The Kier molecular flexibility index (Phi) is 4.80. The lowest BCUT2D eigenvalue weighted by atomic mass is 9.95. The standard InChI is InChI=1S/C15H22FN3O2/c1-15(21)6-2-7-19(10-15)8-5-14(20)18-13-4-3-11(16)9-12(13)17/h3-4,9,21H,2,5-8,10,17H2,1H3,(H,18,20). The fraction of sp³-hybridized carbons (Fsp3) is 0.533. The van der Waals surface area contributed by atoms with Crippen LogP contribution in [0.15, 0.2) is 18.2 Å². The predicted octanol–water partition coefficient (Wildman–Crippen LogP) is 1.58. The Balaban J connectivity index is 1.82. The number of carbonyl (C=O) groups excluding carboxylic acids is 1. The van der Waals surface area contributed by atoms with E-state index in [2.05, 4.69) is 10.2 Å². The number of piperidine rings is 1. The van der Waals surface area contributed by atoms with Gasteiger partial charge in [-0.2, -0.15) is 0 Å². The van der Waals surface area contributed by atoms with E-state index in [1.165, 1.54) is 18.2 Å². The molecule has 0 aliphatic carbocycles. The highest BCUT2D eigenvalue weighted by Crippen LogP contribution is 2.21. The maximum Gasteiger partial charge on any atom is 0.225 e. The Morgan fingerprint density at radius 3 is 3.00 bits per heavy atom. The lowest BCUT2D eigenvalue weighted by molar-refractivity contribution is -0.117. The van der Waals surface area contributed by atoms with Crippen molar-refractivity contribution in [2.24, 2.45) is 0 Å². The molecule has 21 heavy (non-hydrogen) atoms. The third-order valence-corrected chi connectivity index (χ3v) is 3.70. The summed E-state index contributed by atoms with van der Waals surface area (Å²) in [5.41, 5.74) is 5.61. The van der Waals surface area contributed by atoms with Gasteiger partial charge in [-0.1, -0.05) is 0 Å². The van der Waals surface area contributed by atoms with Gasteiger partial charge in [-0.05, 0) is 44.5 Å². The topological polar surface area (TPSA) is 78.6 Å². The van der Waals surface area contributed by atoms with Gasteiger partial charge in [-0.15, -0.1) is 0 Å². The van der Waals surface area contributed by atoms with E-state index in [0.29, 0.717) is 25.2 Å². The number of hydrogen-bond acceptors (Lipinski definition) is 4. The number of hydrogen-bond donors (Lipinski definition) is 3. The number of likely N-dealkylation sites (tertiary alicyclic amines) is 1.